The fraction of sp³-hybridized carbons (Fsp3) is 0.167. The number of rotatable bonds is 9. The third-order valence-electron chi connectivity index (χ3n) is 4.58. The average Bonchev–Trinajstić information content (AvgIpc) is 2.83. The SMILES string of the molecule is COc1cc(OC)cc(C(=O)N/N=C\c2ccc(OCc3ccc(Cl)cc3Cl)c(OC)c2)c1. The van der Waals surface area contributed by atoms with Crippen LogP contribution in [-0.4, -0.2) is 33.5 Å². The van der Waals surface area contributed by atoms with Crippen LogP contribution in [0.15, 0.2) is 59.7 Å². The van der Waals surface area contributed by atoms with Crippen LogP contribution in [0, 0.1) is 0 Å². The summed E-state index contributed by atoms with van der Waals surface area (Å²) in [6.45, 7) is 0.250. The molecule has 0 aliphatic rings. The molecule has 0 aliphatic heterocycles. The fourth-order valence-corrected chi connectivity index (χ4v) is 3.31. The van der Waals surface area contributed by atoms with Crippen molar-refractivity contribution < 1.29 is 23.7 Å². The molecule has 9 heteroatoms. The van der Waals surface area contributed by atoms with Crippen molar-refractivity contribution in [2.75, 3.05) is 21.3 Å². The third kappa shape index (κ3) is 6.54. The first kappa shape index (κ1) is 24.2. The van der Waals surface area contributed by atoms with E-state index >= 15 is 0 Å². The molecule has 3 aromatic rings. The summed E-state index contributed by atoms with van der Waals surface area (Å²) >= 11 is 12.1. The molecule has 0 aliphatic carbocycles. The first-order valence-corrected chi connectivity index (χ1v) is 10.5. The molecule has 0 spiro atoms. The van der Waals surface area contributed by atoms with Crippen molar-refractivity contribution >= 4 is 35.3 Å². The lowest BCUT2D eigenvalue weighted by molar-refractivity contribution is 0.0954. The molecule has 172 valence electrons. The van der Waals surface area contributed by atoms with Crippen LogP contribution in [0.1, 0.15) is 21.5 Å². The summed E-state index contributed by atoms with van der Waals surface area (Å²) in [6, 6.07) is 15.3. The van der Waals surface area contributed by atoms with Crippen LogP contribution in [0.4, 0.5) is 0 Å². The maximum absolute atomic E-state index is 12.4. The minimum Gasteiger partial charge on any atom is -0.497 e. The zero-order chi connectivity index (χ0) is 23.8. The lowest BCUT2D eigenvalue weighted by Crippen LogP contribution is -2.17. The zero-order valence-electron chi connectivity index (χ0n) is 18.2. The van der Waals surface area contributed by atoms with Gasteiger partial charge in [0, 0.05) is 27.2 Å². The summed E-state index contributed by atoms with van der Waals surface area (Å²) in [5.74, 6) is 1.64. The monoisotopic (exact) mass is 488 g/mol. The van der Waals surface area contributed by atoms with E-state index in [0.29, 0.717) is 44.2 Å². The van der Waals surface area contributed by atoms with E-state index in [0.717, 1.165) is 5.56 Å². The predicted molar refractivity (Wildman–Crippen MR) is 128 cm³/mol. The summed E-state index contributed by atoms with van der Waals surface area (Å²) < 4.78 is 21.6. The minimum absolute atomic E-state index is 0.250. The van der Waals surface area contributed by atoms with Gasteiger partial charge in [0.25, 0.3) is 5.91 Å². The van der Waals surface area contributed by atoms with Gasteiger partial charge in [-0.25, -0.2) is 5.43 Å². The third-order valence-corrected chi connectivity index (χ3v) is 5.17. The van der Waals surface area contributed by atoms with Crippen molar-refractivity contribution in [1.29, 1.82) is 0 Å². The number of methoxy groups -OCH3 is 3. The molecule has 0 fully saturated rings. The Balaban J connectivity index is 1.66. The molecule has 3 aromatic carbocycles. The smallest absolute Gasteiger partial charge is 0.271 e. The average molecular weight is 489 g/mol. The number of amides is 1. The van der Waals surface area contributed by atoms with Crippen molar-refractivity contribution in [1.82, 2.24) is 5.43 Å². The van der Waals surface area contributed by atoms with Crippen molar-refractivity contribution in [3.05, 3.63) is 81.3 Å². The Hall–Kier alpha value is -3.42. The molecule has 7 nitrogen and oxygen atoms in total. The molecule has 33 heavy (non-hydrogen) atoms. The van der Waals surface area contributed by atoms with E-state index in [2.05, 4.69) is 10.5 Å². The van der Waals surface area contributed by atoms with Crippen LogP contribution in [0.2, 0.25) is 10.0 Å². The van der Waals surface area contributed by atoms with Gasteiger partial charge in [-0.2, -0.15) is 5.10 Å². The lowest BCUT2D eigenvalue weighted by atomic mass is 10.2. The molecular weight excluding hydrogens is 467 g/mol. The Morgan fingerprint density at radius 1 is 0.909 bits per heavy atom. The van der Waals surface area contributed by atoms with Gasteiger partial charge in [-0.05, 0) is 48.0 Å². The predicted octanol–water partition coefficient (Wildman–Crippen LogP) is 5.36. The Morgan fingerprint density at radius 2 is 1.64 bits per heavy atom. The van der Waals surface area contributed by atoms with E-state index in [9.17, 15) is 4.79 Å². The van der Waals surface area contributed by atoms with Gasteiger partial charge in [0.15, 0.2) is 11.5 Å². The standard InChI is InChI=1S/C24H22Cl2N2O5/c1-30-19-9-17(10-20(12-19)31-2)24(29)28-27-13-15-4-7-22(23(8-15)32-3)33-14-16-5-6-18(25)11-21(16)26/h4-13H,14H2,1-3H3,(H,28,29)/b27-13-. The van der Waals surface area contributed by atoms with Gasteiger partial charge in [0.2, 0.25) is 0 Å². The van der Waals surface area contributed by atoms with Crippen LogP contribution in [0.25, 0.3) is 0 Å². The van der Waals surface area contributed by atoms with Gasteiger partial charge in [0.1, 0.15) is 18.1 Å². The van der Waals surface area contributed by atoms with Crippen LogP contribution < -0.4 is 24.4 Å². The highest BCUT2D eigenvalue weighted by atomic mass is 35.5. The number of carbonyl (C=O) groups is 1. The molecule has 0 heterocycles. The van der Waals surface area contributed by atoms with Crippen molar-refractivity contribution in [2.24, 2.45) is 5.10 Å². The Kier molecular flexibility index (Phi) is 8.40. The molecule has 0 radical (unpaired) electrons. The topological polar surface area (TPSA) is 78.4 Å². The molecule has 1 amide bonds. The summed E-state index contributed by atoms with van der Waals surface area (Å²) in [5, 5.41) is 5.10. The van der Waals surface area contributed by atoms with E-state index < -0.39 is 5.91 Å². The minimum atomic E-state index is -0.407. The summed E-state index contributed by atoms with van der Waals surface area (Å²) in [5.41, 5.74) is 4.33. The number of carbonyl (C=O) groups excluding carboxylic acids is 1. The molecule has 0 unspecified atom stereocenters. The largest absolute Gasteiger partial charge is 0.497 e. The van der Waals surface area contributed by atoms with Crippen molar-refractivity contribution in [3.8, 4) is 23.0 Å². The highest BCUT2D eigenvalue weighted by Crippen LogP contribution is 2.30. The number of hydrazone groups is 1. The zero-order valence-corrected chi connectivity index (χ0v) is 19.7. The molecule has 0 saturated carbocycles. The molecule has 1 N–H and O–H groups in total. The van der Waals surface area contributed by atoms with Crippen LogP contribution >= 0.6 is 23.2 Å². The summed E-state index contributed by atoms with van der Waals surface area (Å²) in [6.07, 6.45) is 1.50. The van der Waals surface area contributed by atoms with E-state index in [1.54, 1.807) is 54.6 Å². The Bertz CT molecular complexity index is 1150. The number of halogens is 2. The molecular formula is C24H22Cl2N2O5. The second kappa shape index (κ2) is 11.4. The normalized spacial score (nSPS) is 10.7. The number of ether oxygens (including phenoxy) is 4. The first-order valence-electron chi connectivity index (χ1n) is 9.74. The number of benzene rings is 3. The fourth-order valence-electron chi connectivity index (χ4n) is 2.85. The summed E-state index contributed by atoms with van der Waals surface area (Å²) in [7, 11) is 4.56. The van der Waals surface area contributed by atoms with E-state index in [4.69, 9.17) is 42.1 Å². The number of hydrogen-bond donors (Lipinski definition) is 1. The van der Waals surface area contributed by atoms with Gasteiger partial charge in [-0.3, -0.25) is 4.79 Å². The van der Waals surface area contributed by atoms with E-state index in [1.165, 1.54) is 27.5 Å². The molecule has 0 aromatic heterocycles. The second-order valence-corrected chi connectivity index (χ2v) is 7.58. The highest BCUT2D eigenvalue weighted by Gasteiger charge is 2.10. The molecule has 0 atom stereocenters. The van der Waals surface area contributed by atoms with Crippen molar-refractivity contribution in [2.45, 2.75) is 6.61 Å². The summed E-state index contributed by atoms with van der Waals surface area (Å²) in [4.78, 5) is 12.4. The lowest BCUT2D eigenvalue weighted by Gasteiger charge is -2.12. The number of nitrogens with zero attached hydrogens (tertiary/aromatic N) is 1. The Morgan fingerprint density at radius 3 is 2.27 bits per heavy atom. The molecule has 0 saturated heterocycles. The van der Waals surface area contributed by atoms with Crippen molar-refractivity contribution in [3.63, 3.8) is 0 Å². The van der Waals surface area contributed by atoms with Gasteiger partial charge in [-0.15, -0.1) is 0 Å². The Labute approximate surface area is 201 Å². The molecule has 3 rings (SSSR count). The van der Waals surface area contributed by atoms with E-state index in [1.807, 2.05) is 0 Å². The highest BCUT2D eigenvalue weighted by molar-refractivity contribution is 6.35. The van der Waals surface area contributed by atoms with E-state index in [-0.39, 0.29) is 6.61 Å². The van der Waals surface area contributed by atoms with Crippen LogP contribution in [0.5, 0.6) is 23.0 Å². The van der Waals surface area contributed by atoms with Gasteiger partial charge in [-0.1, -0.05) is 29.3 Å². The maximum Gasteiger partial charge on any atom is 0.271 e. The van der Waals surface area contributed by atoms with Gasteiger partial charge >= 0.3 is 0 Å². The van der Waals surface area contributed by atoms with Gasteiger partial charge < -0.3 is 18.9 Å². The first-order chi connectivity index (χ1) is 15.9. The van der Waals surface area contributed by atoms with Gasteiger partial charge in [0.05, 0.1) is 27.5 Å². The molecule has 0 bridgehead atoms. The van der Waals surface area contributed by atoms with Crippen LogP contribution in [0.3, 0.4) is 0 Å². The number of hydrogen-bond acceptors (Lipinski definition) is 6. The van der Waals surface area contributed by atoms with Crippen LogP contribution in [-0.2, 0) is 6.61 Å². The maximum atomic E-state index is 12.4. The quantitative estimate of drug-likeness (QED) is 0.323. The number of nitrogens with one attached hydrogen (secondary N) is 1. The second-order valence-electron chi connectivity index (χ2n) is 6.74.